The minimum Gasteiger partial charge on any atom is -0.494 e. The van der Waals surface area contributed by atoms with Crippen LogP contribution in [-0.2, 0) is 9.59 Å². The van der Waals surface area contributed by atoms with E-state index in [0.717, 1.165) is 31.4 Å². The first-order chi connectivity index (χ1) is 14.1. The van der Waals surface area contributed by atoms with Gasteiger partial charge in [0.1, 0.15) is 17.2 Å². The van der Waals surface area contributed by atoms with Crippen LogP contribution in [0.25, 0.3) is 0 Å². The number of nitrogens with one attached hydrogen (secondary N) is 2. The summed E-state index contributed by atoms with van der Waals surface area (Å²) in [4.78, 5) is 24.0. The maximum Gasteiger partial charge on any atom is 0.226 e. The molecule has 0 spiro atoms. The molecule has 0 aliphatic heterocycles. The van der Waals surface area contributed by atoms with Gasteiger partial charge in [0.05, 0.1) is 6.61 Å². The van der Waals surface area contributed by atoms with Gasteiger partial charge >= 0.3 is 0 Å². The highest BCUT2D eigenvalue weighted by molar-refractivity contribution is 5.91. The van der Waals surface area contributed by atoms with Gasteiger partial charge < -0.3 is 20.1 Å². The Morgan fingerprint density at radius 3 is 2.14 bits per heavy atom. The van der Waals surface area contributed by atoms with E-state index in [0.29, 0.717) is 30.3 Å². The molecule has 0 saturated heterocycles. The Morgan fingerprint density at radius 1 is 0.931 bits per heavy atom. The minimum absolute atomic E-state index is 0.0751. The van der Waals surface area contributed by atoms with Crippen LogP contribution in [-0.4, -0.2) is 25.0 Å². The first kappa shape index (κ1) is 20.7. The van der Waals surface area contributed by atoms with E-state index in [2.05, 4.69) is 10.6 Å². The Balaban J connectivity index is 1.41. The summed E-state index contributed by atoms with van der Waals surface area (Å²) >= 11 is 0. The molecule has 0 unspecified atom stereocenters. The van der Waals surface area contributed by atoms with Crippen molar-refractivity contribution in [1.82, 2.24) is 5.32 Å². The summed E-state index contributed by atoms with van der Waals surface area (Å²) in [7, 11) is 0. The second-order valence-electron chi connectivity index (χ2n) is 7.10. The summed E-state index contributed by atoms with van der Waals surface area (Å²) in [6, 6.07) is 14.6. The predicted molar refractivity (Wildman–Crippen MR) is 112 cm³/mol. The summed E-state index contributed by atoms with van der Waals surface area (Å²) in [5.74, 6) is 2.26. The first-order valence-electron chi connectivity index (χ1n) is 10.2. The molecule has 154 valence electrons. The Labute approximate surface area is 171 Å². The smallest absolute Gasteiger partial charge is 0.226 e. The third kappa shape index (κ3) is 6.52. The molecule has 3 rings (SSSR count). The van der Waals surface area contributed by atoms with Crippen molar-refractivity contribution in [2.24, 2.45) is 5.92 Å². The van der Waals surface area contributed by atoms with E-state index >= 15 is 0 Å². The van der Waals surface area contributed by atoms with E-state index in [1.54, 1.807) is 24.3 Å². The first-order valence-corrected chi connectivity index (χ1v) is 10.2. The summed E-state index contributed by atoms with van der Waals surface area (Å²) in [5, 5.41) is 5.70. The van der Waals surface area contributed by atoms with Crippen molar-refractivity contribution in [1.29, 1.82) is 0 Å². The largest absolute Gasteiger partial charge is 0.494 e. The Bertz CT molecular complexity index is 797. The van der Waals surface area contributed by atoms with Crippen LogP contribution in [0.5, 0.6) is 17.2 Å². The number of carbonyl (C=O) groups excluding carboxylic acids is 2. The van der Waals surface area contributed by atoms with E-state index < -0.39 is 0 Å². The number of hydrogen-bond donors (Lipinski definition) is 2. The minimum atomic E-state index is -0.128. The normalized spacial score (nSPS) is 13.7. The van der Waals surface area contributed by atoms with Gasteiger partial charge in [0, 0.05) is 24.6 Å². The fourth-order valence-electron chi connectivity index (χ4n) is 3.37. The molecule has 6 nitrogen and oxygen atoms in total. The molecular weight excluding hydrogens is 368 g/mol. The van der Waals surface area contributed by atoms with Gasteiger partial charge in [-0.3, -0.25) is 9.59 Å². The molecule has 1 aliphatic rings. The Hall–Kier alpha value is -3.02. The molecule has 0 heterocycles. The summed E-state index contributed by atoms with van der Waals surface area (Å²) in [6.07, 6.45) is 4.42. The zero-order valence-corrected chi connectivity index (χ0v) is 16.8. The van der Waals surface area contributed by atoms with Crippen LogP contribution in [0.1, 0.15) is 39.0 Å². The summed E-state index contributed by atoms with van der Waals surface area (Å²) in [6.45, 7) is 2.93. The van der Waals surface area contributed by atoms with E-state index in [1.807, 2.05) is 31.2 Å². The topological polar surface area (TPSA) is 76.7 Å². The maximum atomic E-state index is 12.1. The molecule has 29 heavy (non-hydrogen) atoms. The molecule has 1 aliphatic carbocycles. The number of carbonyl (C=O) groups is 2. The molecule has 1 saturated carbocycles. The van der Waals surface area contributed by atoms with E-state index in [1.165, 1.54) is 0 Å². The highest BCUT2D eigenvalue weighted by Crippen LogP contribution is 2.26. The predicted octanol–water partition coefficient (Wildman–Crippen LogP) is 4.51. The summed E-state index contributed by atoms with van der Waals surface area (Å²) < 4.78 is 11.2. The average Bonchev–Trinajstić information content (AvgIpc) is 3.26. The molecule has 2 aromatic carbocycles. The maximum absolute atomic E-state index is 12.1. The molecule has 2 N–H and O–H groups in total. The number of anilines is 1. The molecule has 0 radical (unpaired) electrons. The SMILES string of the molecule is CCOc1ccc(Oc2ccc(NC(=O)CCNC(=O)C3CCCC3)cc2)cc1. The lowest BCUT2D eigenvalue weighted by atomic mass is 10.1. The van der Waals surface area contributed by atoms with Crippen LogP contribution in [0, 0.1) is 5.92 Å². The van der Waals surface area contributed by atoms with Gasteiger partial charge in [-0.05, 0) is 68.3 Å². The molecule has 6 heteroatoms. The molecule has 0 bridgehead atoms. The molecule has 2 amide bonds. The van der Waals surface area contributed by atoms with Gasteiger partial charge in [0.15, 0.2) is 0 Å². The third-order valence-corrected chi connectivity index (χ3v) is 4.89. The van der Waals surface area contributed by atoms with Gasteiger partial charge in [-0.1, -0.05) is 12.8 Å². The van der Waals surface area contributed by atoms with Crippen molar-refractivity contribution in [3.05, 3.63) is 48.5 Å². The Kier molecular flexibility index (Phi) is 7.50. The number of rotatable bonds is 9. The van der Waals surface area contributed by atoms with Crippen LogP contribution < -0.4 is 20.1 Å². The molecular formula is C23H28N2O4. The van der Waals surface area contributed by atoms with Crippen LogP contribution in [0.15, 0.2) is 48.5 Å². The van der Waals surface area contributed by atoms with Crippen molar-refractivity contribution in [2.45, 2.75) is 39.0 Å². The van der Waals surface area contributed by atoms with Crippen LogP contribution in [0.4, 0.5) is 5.69 Å². The number of benzene rings is 2. The van der Waals surface area contributed by atoms with Crippen molar-refractivity contribution >= 4 is 17.5 Å². The van der Waals surface area contributed by atoms with Crippen molar-refractivity contribution in [3.63, 3.8) is 0 Å². The van der Waals surface area contributed by atoms with Gasteiger partial charge in [0.25, 0.3) is 0 Å². The highest BCUT2D eigenvalue weighted by Gasteiger charge is 2.22. The molecule has 2 aromatic rings. The zero-order valence-electron chi connectivity index (χ0n) is 16.8. The van der Waals surface area contributed by atoms with E-state index in [-0.39, 0.29) is 24.2 Å². The molecule has 1 fully saturated rings. The molecule has 0 aromatic heterocycles. The van der Waals surface area contributed by atoms with Crippen molar-refractivity contribution < 1.29 is 19.1 Å². The number of amides is 2. The lowest BCUT2D eigenvalue weighted by Gasteiger charge is -2.11. The van der Waals surface area contributed by atoms with Crippen LogP contribution in [0.3, 0.4) is 0 Å². The van der Waals surface area contributed by atoms with Crippen molar-refractivity contribution in [3.8, 4) is 17.2 Å². The van der Waals surface area contributed by atoms with Gasteiger partial charge in [-0.15, -0.1) is 0 Å². The number of ether oxygens (including phenoxy) is 2. The van der Waals surface area contributed by atoms with Gasteiger partial charge in [0.2, 0.25) is 11.8 Å². The van der Waals surface area contributed by atoms with E-state index in [9.17, 15) is 9.59 Å². The standard InChI is InChI=1S/C23H28N2O4/c1-2-28-19-11-13-21(14-12-19)29-20-9-7-18(8-10-20)25-22(26)15-16-24-23(27)17-5-3-4-6-17/h7-14,17H,2-6,15-16H2,1H3,(H,24,27)(H,25,26). The fourth-order valence-corrected chi connectivity index (χ4v) is 3.37. The second-order valence-corrected chi connectivity index (χ2v) is 7.10. The Morgan fingerprint density at radius 2 is 1.52 bits per heavy atom. The lowest BCUT2D eigenvalue weighted by molar-refractivity contribution is -0.124. The van der Waals surface area contributed by atoms with Crippen molar-refractivity contribution in [2.75, 3.05) is 18.5 Å². The fraction of sp³-hybridized carbons (Fsp3) is 0.391. The van der Waals surface area contributed by atoms with Crippen LogP contribution >= 0.6 is 0 Å². The zero-order chi connectivity index (χ0) is 20.5. The monoisotopic (exact) mass is 396 g/mol. The highest BCUT2D eigenvalue weighted by atomic mass is 16.5. The second kappa shape index (κ2) is 10.5. The quantitative estimate of drug-likeness (QED) is 0.654. The average molecular weight is 396 g/mol. The number of hydrogen-bond acceptors (Lipinski definition) is 4. The molecule has 0 atom stereocenters. The lowest BCUT2D eigenvalue weighted by Crippen LogP contribution is -2.31. The van der Waals surface area contributed by atoms with E-state index in [4.69, 9.17) is 9.47 Å². The van der Waals surface area contributed by atoms with Crippen LogP contribution in [0.2, 0.25) is 0 Å². The third-order valence-electron chi connectivity index (χ3n) is 4.89. The van der Waals surface area contributed by atoms with Gasteiger partial charge in [-0.2, -0.15) is 0 Å². The van der Waals surface area contributed by atoms with Gasteiger partial charge in [-0.25, -0.2) is 0 Å². The summed E-state index contributed by atoms with van der Waals surface area (Å²) in [5.41, 5.74) is 0.691.